The molecule has 2 heterocycles. The van der Waals surface area contributed by atoms with Crippen molar-refractivity contribution in [2.45, 2.75) is 37.1 Å². The van der Waals surface area contributed by atoms with Gasteiger partial charge in [0.2, 0.25) is 15.9 Å². The average molecular weight is 445 g/mol. The molecule has 1 atom stereocenters. The number of hydrogen-bond acceptors (Lipinski definition) is 4. The second-order valence-corrected chi connectivity index (χ2v) is 9.88. The Bertz CT molecular complexity index is 1150. The number of piperidine rings is 1. The van der Waals surface area contributed by atoms with Gasteiger partial charge in [0.15, 0.2) is 0 Å². The Kier molecular flexibility index (Phi) is 6.06. The SMILES string of the molecule is C[C@H](NC(=O)CC1CCN(S(=O)(=O)c2cccc(F)c2)CC1)c1nc2ccccc2[nH]1. The van der Waals surface area contributed by atoms with Crippen LogP contribution in [0.4, 0.5) is 4.39 Å². The summed E-state index contributed by atoms with van der Waals surface area (Å²) in [7, 11) is -3.72. The van der Waals surface area contributed by atoms with Crippen molar-refractivity contribution in [3.05, 3.63) is 60.2 Å². The molecule has 164 valence electrons. The van der Waals surface area contributed by atoms with Crippen LogP contribution in [-0.4, -0.2) is 41.7 Å². The van der Waals surface area contributed by atoms with Gasteiger partial charge in [-0.25, -0.2) is 17.8 Å². The molecule has 2 aromatic carbocycles. The number of sulfonamides is 1. The lowest BCUT2D eigenvalue weighted by molar-refractivity contribution is -0.123. The first kappa shape index (κ1) is 21.5. The highest BCUT2D eigenvalue weighted by Gasteiger charge is 2.30. The van der Waals surface area contributed by atoms with Crippen LogP contribution in [0.2, 0.25) is 0 Å². The molecular formula is C22H25FN4O3S. The topological polar surface area (TPSA) is 95.2 Å². The van der Waals surface area contributed by atoms with Crippen molar-refractivity contribution in [1.82, 2.24) is 19.6 Å². The van der Waals surface area contributed by atoms with Gasteiger partial charge in [-0.15, -0.1) is 0 Å². The Hall–Kier alpha value is -2.78. The van der Waals surface area contributed by atoms with Crippen LogP contribution in [0, 0.1) is 11.7 Å². The van der Waals surface area contributed by atoms with Crippen molar-refractivity contribution >= 4 is 27.0 Å². The number of benzene rings is 2. The van der Waals surface area contributed by atoms with Crippen molar-refractivity contribution in [3.63, 3.8) is 0 Å². The molecule has 1 fully saturated rings. The number of imidazole rings is 1. The van der Waals surface area contributed by atoms with Crippen LogP contribution in [0.15, 0.2) is 53.4 Å². The molecule has 1 saturated heterocycles. The minimum Gasteiger partial charge on any atom is -0.346 e. The number of carbonyl (C=O) groups excluding carboxylic acids is 1. The molecule has 1 aliphatic heterocycles. The number of nitrogens with zero attached hydrogens (tertiary/aromatic N) is 2. The van der Waals surface area contributed by atoms with E-state index in [1.807, 2.05) is 31.2 Å². The van der Waals surface area contributed by atoms with E-state index in [0.717, 1.165) is 17.1 Å². The fraction of sp³-hybridized carbons (Fsp3) is 0.364. The van der Waals surface area contributed by atoms with Gasteiger partial charge in [-0.1, -0.05) is 18.2 Å². The molecule has 0 spiro atoms. The second kappa shape index (κ2) is 8.76. The third kappa shape index (κ3) is 4.77. The van der Waals surface area contributed by atoms with E-state index in [9.17, 15) is 17.6 Å². The van der Waals surface area contributed by atoms with E-state index in [4.69, 9.17) is 0 Å². The lowest BCUT2D eigenvalue weighted by atomic mass is 9.94. The van der Waals surface area contributed by atoms with Gasteiger partial charge in [-0.2, -0.15) is 4.31 Å². The van der Waals surface area contributed by atoms with Crippen LogP contribution in [-0.2, 0) is 14.8 Å². The number of aromatic nitrogens is 2. The Labute approximate surface area is 180 Å². The standard InChI is InChI=1S/C22H25FN4O3S/c1-15(22-25-19-7-2-3-8-20(19)26-22)24-21(28)13-16-9-11-27(12-10-16)31(29,30)18-6-4-5-17(23)14-18/h2-8,14-16H,9-13H2,1H3,(H,24,28)(H,25,26)/t15-/m0/s1. The van der Waals surface area contributed by atoms with Crippen LogP contribution in [0.3, 0.4) is 0 Å². The molecule has 0 bridgehead atoms. The zero-order chi connectivity index (χ0) is 22.0. The first-order chi connectivity index (χ1) is 14.8. The molecule has 0 radical (unpaired) electrons. The van der Waals surface area contributed by atoms with Crippen LogP contribution >= 0.6 is 0 Å². The van der Waals surface area contributed by atoms with E-state index in [1.165, 1.54) is 22.5 Å². The predicted molar refractivity (Wildman–Crippen MR) is 115 cm³/mol. The molecule has 0 unspecified atom stereocenters. The number of hydrogen-bond donors (Lipinski definition) is 2. The van der Waals surface area contributed by atoms with Crippen molar-refractivity contribution in [3.8, 4) is 0 Å². The van der Waals surface area contributed by atoms with Crippen molar-refractivity contribution in [2.75, 3.05) is 13.1 Å². The molecule has 7 nitrogen and oxygen atoms in total. The van der Waals surface area contributed by atoms with Gasteiger partial charge in [0.1, 0.15) is 11.6 Å². The summed E-state index contributed by atoms with van der Waals surface area (Å²) in [5.41, 5.74) is 1.77. The fourth-order valence-corrected chi connectivity index (χ4v) is 5.44. The molecule has 3 aromatic rings. The highest BCUT2D eigenvalue weighted by molar-refractivity contribution is 7.89. The molecule has 0 saturated carbocycles. The highest BCUT2D eigenvalue weighted by Crippen LogP contribution is 2.26. The number of para-hydroxylation sites is 2. The number of fused-ring (bicyclic) bond motifs is 1. The molecule has 31 heavy (non-hydrogen) atoms. The minimum absolute atomic E-state index is 0.0386. The zero-order valence-electron chi connectivity index (χ0n) is 17.2. The summed E-state index contributed by atoms with van der Waals surface area (Å²) in [5.74, 6) is 0.137. The summed E-state index contributed by atoms with van der Waals surface area (Å²) in [4.78, 5) is 20.2. The first-order valence-corrected chi connectivity index (χ1v) is 11.8. The van der Waals surface area contributed by atoms with Gasteiger partial charge in [0, 0.05) is 19.5 Å². The van der Waals surface area contributed by atoms with Gasteiger partial charge in [-0.3, -0.25) is 4.79 Å². The van der Waals surface area contributed by atoms with E-state index in [-0.39, 0.29) is 22.8 Å². The molecular weight excluding hydrogens is 419 g/mol. The van der Waals surface area contributed by atoms with E-state index < -0.39 is 15.8 Å². The molecule has 2 N–H and O–H groups in total. The summed E-state index contributed by atoms with van der Waals surface area (Å²) < 4.78 is 40.2. The van der Waals surface area contributed by atoms with Crippen molar-refractivity contribution in [1.29, 1.82) is 0 Å². The second-order valence-electron chi connectivity index (χ2n) is 7.94. The lowest BCUT2D eigenvalue weighted by Crippen LogP contribution is -2.39. The maximum absolute atomic E-state index is 13.4. The minimum atomic E-state index is -3.72. The Balaban J connectivity index is 1.30. The molecule has 1 aromatic heterocycles. The number of carbonyl (C=O) groups is 1. The third-order valence-corrected chi connectivity index (χ3v) is 7.57. The maximum Gasteiger partial charge on any atom is 0.243 e. The summed E-state index contributed by atoms with van der Waals surface area (Å²) in [5, 5.41) is 2.97. The smallest absolute Gasteiger partial charge is 0.243 e. The van der Waals surface area contributed by atoms with Crippen molar-refractivity contribution in [2.24, 2.45) is 5.92 Å². The zero-order valence-corrected chi connectivity index (χ0v) is 18.0. The van der Waals surface area contributed by atoms with Crippen LogP contribution < -0.4 is 5.32 Å². The number of nitrogens with one attached hydrogen (secondary N) is 2. The van der Waals surface area contributed by atoms with E-state index in [0.29, 0.717) is 38.2 Å². The van der Waals surface area contributed by atoms with E-state index in [2.05, 4.69) is 15.3 Å². The summed E-state index contributed by atoms with van der Waals surface area (Å²) in [6, 6.07) is 12.5. The van der Waals surface area contributed by atoms with Gasteiger partial charge in [-0.05, 0) is 56.0 Å². The van der Waals surface area contributed by atoms with Gasteiger partial charge >= 0.3 is 0 Å². The number of rotatable bonds is 6. The normalized spacial score (nSPS) is 17.0. The largest absolute Gasteiger partial charge is 0.346 e. The predicted octanol–water partition coefficient (Wildman–Crippen LogP) is 3.37. The maximum atomic E-state index is 13.4. The van der Waals surface area contributed by atoms with Crippen LogP contribution in [0.1, 0.15) is 38.1 Å². The highest BCUT2D eigenvalue weighted by atomic mass is 32.2. The molecule has 4 rings (SSSR count). The summed E-state index contributed by atoms with van der Waals surface area (Å²) in [6.45, 7) is 2.51. The number of amides is 1. The monoisotopic (exact) mass is 444 g/mol. The Morgan fingerprint density at radius 2 is 1.97 bits per heavy atom. The summed E-state index contributed by atoms with van der Waals surface area (Å²) in [6.07, 6.45) is 1.50. The van der Waals surface area contributed by atoms with E-state index >= 15 is 0 Å². The van der Waals surface area contributed by atoms with Gasteiger partial charge < -0.3 is 10.3 Å². The summed E-state index contributed by atoms with van der Waals surface area (Å²) >= 11 is 0. The average Bonchev–Trinajstić information content (AvgIpc) is 3.18. The molecule has 1 amide bonds. The number of aromatic amines is 1. The number of halogens is 1. The van der Waals surface area contributed by atoms with Crippen LogP contribution in [0.5, 0.6) is 0 Å². The van der Waals surface area contributed by atoms with E-state index in [1.54, 1.807) is 0 Å². The molecule has 0 aliphatic carbocycles. The quantitative estimate of drug-likeness (QED) is 0.609. The molecule has 9 heteroatoms. The Morgan fingerprint density at radius 3 is 2.68 bits per heavy atom. The first-order valence-electron chi connectivity index (χ1n) is 10.3. The Morgan fingerprint density at radius 1 is 1.23 bits per heavy atom. The van der Waals surface area contributed by atoms with Crippen LogP contribution in [0.25, 0.3) is 11.0 Å². The third-order valence-electron chi connectivity index (χ3n) is 5.68. The number of H-pyrrole nitrogens is 1. The fourth-order valence-electron chi connectivity index (χ4n) is 3.94. The molecule has 1 aliphatic rings. The van der Waals surface area contributed by atoms with Gasteiger partial charge in [0.25, 0.3) is 0 Å². The lowest BCUT2D eigenvalue weighted by Gasteiger charge is -2.31. The van der Waals surface area contributed by atoms with Gasteiger partial charge in [0.05, 0.1) is 22.0 Å². The van der Waals surface area contributed by atoms with Crippen molar-refractivity contribution < 1.29 is 17.6 Å².